The first-order valence-corrected chi connectivity index (χ1v) is 4.89. The average molecular weight is 226 g/mol. The zero-order valence-electron chi connectivity index (χ0n) is 10.0. The number of benzene rings is 1. The van der Waals surface area contributed by atoms with Crippen molar-refractivity contribution in [1.82, 2.24) is 0 Å². The Bertz CT molecular complexity index is 332. The molecule has 0 saturated carbocycles. The van der Waals surface area contributed by atoms with Crippen LogP contribution in [0, 0.1) is 0 Å². The zero-order valence-corrected chi connectivity index (χ0v) is 10.0. The Kier molecular flexibility index (Phi) is 10.3. The van der Waals surface area contributed by atoms with Crippen LogP contribution in [0.2, 0.25) is 0 Å². The van der Waals surface area contributed by atoms with Crippen LogP contribution in [0.15, 0.2) is 18.2 Å². The van der Waals surface area contributed by atoms with E-state index in [4.69, 9.17) is 10.2 Å². The maximum absolute atomic E-state index is 10.9. The van der Waals surface area contributed by atoms with Crippen LogP contribution >= 0.6 is 0 Å². The summed E-state index contributed by atoms with van der Waals surface area (Å²) in [6.45, 7) is 5.34. The number of aliphatic hydroxyl groups is 1. The minimum atomic E-state index is -0.254. The first-order valence-electron chi connectivity index (χ1n) is 4.89. The summed E-state index contributed by atoms with van der Waals surface area (Å²) in [6, 6.07) is 4.15. The highest BCUT2D eigenvalue weighted by Gasteiger charge is 2.06. The molecule has 0 amide bonds. The first-order chi connectivity index (χ1) is 7.65. The van der Waals surface area contributed by atoms with Crippen LogP contribution in [-0.4, -0.2) is 29.4 Å². The van der Waals surface area contributed by atoms with Crippen LogP contribution in [0.5, 0.6) is 5.75 Å². The van der Waals surface area contributed by atoms with Gasteiger partial charge in [0.05, 0.1) is 5.56 Å². The van der Waals surface area contributed by atoms with E-state index in [-0.39, 0.29) is 17.1 Å². The van der Waals surface area contributed by atoms with E-state index in [2.05, 4.69) is 0 Å². The molecule has 0 bridgehead atoms. The number of carbonyl (C=O) groups is 2. The van der Waals surface area contributed by atoms with Crippen LogP contribution < -0.4 is 0 Å². The maximum atomic E-state index is 10.9. The quantitative estimate of drug-likeness (QED) is 0.597. The fraction of sp³-hybridized carbons (Fsp3) is 0.333. The molecule has 0 aromatic heterocycles. The summed E-state index contributed by atoms with van der Waals surface area (Å²) in [6.07, 6.45) is 0.631. The van der Waals surface area contributed by atoms with Crippen molar-refractivity contribution >= 4 is 12.1 Å². The van der Waals surface area contributed by atoms with Crippen LogP contribution in [0.4, 0.5) is 0 Å². The lowest BCUT2D eigenvalue weighted by atomic mass is 10.1. The lowest BCUT2D eigenvalue weighted by molar-refractivity contribution is 0.101. The molecule has 1 rings (SSSR count). The molecule has 0 aliphatic rings. The van der Waals surface area contributed by atoms with Gasteiger partial charge in [-0.05, 0) is 25.1 Å². The number of hydrogen-bond donors (Lipinski definition) is 2. The monoisotopic (exact) mass is 226 g/mol. The fourth-order valence-corrected chi connectivity index (χ4v) is 0.909. The van der Waals surface area contributed by atoms with Gasteiger partial charge in [0.25, 0.3) is 0 Å². The normalized spacial score (nSPS) is 7.81. The van der Waals surface area contributed by atoms with Gasteiger partial charge in [-0.3, -0.25) is 9.59 Å². The van der Waals surface area contributed by atoms with Crippen LogP contribution in [0.3, 0.4) is 0 Å². The molecule has 0 unspecified atom stereocenters. The second-order valence-electron chi connectivity index (χ2n) is 2.45. The van der Waals surface area contributed by atoms with E-state index in [1.807, 2.05) is 13.8 Å². The molecule has 0 aliphatic carbocycles. The Morgan fingerprint density at radius 2 is 1.75 bits per heavy atom. The highest BCUT2D eigenvalue weighted by atomic mass is 16.3. The van der Waals surface area contributed by atoms with E-state index in [9.17, 15) is 9.59 Å². The lowest BCUT2D eigenvalue weighted by Gasteiger charge is -1.99. The van der Waals surface area contributed by atoms with Crippen molar-refractivity contribution < 1.29 is 19.8 Å². The van der Waals surface area contributed by atoms with E-state index >= 15 is 0 Å². The minimum Gasteiger partial charge on any atom is -0.507 e. The van der Waals surface area contributed by atoms with Gasteiger partial charge in [0.15, 0.2) is 5.78 Å². The second-order valence-corrected chi connectivity index (χ2v) is 2.45. The molecule has 90 valence electrons. The summed E-state index contributed by atoms with van der Waals surface area (Å²) in [5, 5.41) is 16.2. The van der Waals surface area contributed by atoms with E-state index in [0.717, 1.165) is 7.11 Å². The molecule has 1 aromatic rings. The van der Waals surface area contributed by atoms with Crippen molar-refractivity contribution in [3.8, 4) is 5.75 Å². The standard InChI is InChI=1S/C9H8O3.C2H6.CH4O/c1-6(11)8-4-7(5-10)2-3-9(8)12;2*1-2/h2-5,12H,1H3;1-2H3;2H,1H3. The van der Waals surface area contributed by atoms with Crippen molar-refractivity contribution in [2.45, 2.75) is 20.8 Å². The molecule has 0 fully saturated rings. The number of phenols is 1. The molecule has 4 heteroatoms. The van der Waals surface area contributed by atoms with Gasteiger partial charge in [0.2, 0.25) is 0 Å². The predicted octanol–water partition coefficient (Wildman–Crippen LogP) is 2.04. The summed E-state index contributed by atoms with van der Waals surface area (Å²) < 4.78 is 0. The van der Waals surface area contributed by atoms with Gasteiger partial charge in [0.1, 0.15) is 12.0 Å². The predicted molar refractivity (Wildman–Crippen MR) is 63.0 cm³/mol. The average Bonchev–Trinajstić information content (AvgIpc) is 2.34. The Hall–Kier alpha value is -1.68. The van der Waals surface area contributed by atoms with Gasteiger partial charge in [-0.25, -0.2) is 0 Å². The summed E-state index contributed by atoms with van der Waals surface area (Å²) in [7, 11) is 1.00. The van der Waals surface area contributed by atoms with Gasteiger partial charge in [0, 0.05) is 12.7 Å². The molecule has 2 N–H and O–H groups in total. The third-order valence-electron chi connectivity index (χ3n) is 1.54. The van der Waals surface area contributed by atoms with E-state index in [1.165, 1.54) is 25.1 Å². The number of phenolic OH excluding ortho intramolecular Hbond substituents is 1. The first kappa shape index (κ1) is 16.7. The highest BCUT2D eigenvalue weighted by Crippen LogP contribution is 2.17. The zero-order chi connectivity index (χ0) is 13.1. The molecule has 0 aliphatic heterocycles. The van der Waals surface area contributed by atoms with Gasteiger partial charge in [-0.1, -0.05) is 13.8 Å². The number of rotatable bonds is 2. The van der Waals surface area contributed by atoms with Crippen LogP contribution in [0.25, 0.3) is 0 Å². The van der Waals surface area contributed by atoms with Gasteiger partial charge in [-0.2, -0.15) is 0 Å². The summed E-state index contributed by atoms with van der Waals surface area (Å²) in [5.74, 6) is -0.343. The Morgan fingerprint density at radius 3 is 2.12 bits per heavy atom. The third-order valence-corrected chi connectivity index (χ3v) is 1.54. The summed E-state index contributed by atoms with van der Waals surface area (Å²) in [5.41, 5.74) is 0.567. The molecule has 0 radical (unpaired) electrons. The van der Waals surface area contributed by atoms with Crippen LogP contribution in [-0.2, 0) is 0 Å². The lowest BCUT2D eigenvalue weighted by Crippen LogP contribution is -1.94. The van der Waals surface area contributed by atoms with E-state index in [1.54, 1.807) is 0 Å². The van der Waals surface area contributed by atoms with Crippen molar-refractivity contribution in [1.29, 1.82) is 0 Å². The number of aromatic hydroxyl groups is 1. The molecule has 4 nitrogen and oxygen atoms in total. The fourth-order valence-electron chi connectivity index (χ4n) is 0.909. The molecule has 1 aromatic carbocycles. The number of carbonyl (C=O) groups excluding carboxylic acids is 2. The molecular weight excluding hydrogens is 208 g/mol. The Balaban J connectivity index is 0. The largest absolute Gasteiger partial charge is 0.507 e. The maximum Gasteiger partial charge on any atom is 0.163 e. The third kappa shape index (κ3) is 5.26. The second kappa shape index (κ2) is 9.86. The SMILES string of the molecule is CC.CC(=O)c1cc(C=O)ccc1O.CO. The molecule has 0 saturated heterocycles. The molecule has 0 atom stereocenters. The highest BCUT2D eigenvalue weighted by molar-refractivity contribution is 5.98. The van der Waals surface area contributed by atoms with E-state index < -0.39 is 0 Å². The topological polar surface area (TPSA) is 74.6 Å². The molecule has 0 heterocycles. The molecular formula is C12H18O4. The van der Waals surface area contributed by atoms with Gasteiger partial charge < -0.3 is 10.2 Å². The summed E-state index contributed by atoms with van der Waals surface area (Å²) >= 11 is 0. The summed E-state index contributed by atoms with van der Waals surface area (Å²) in [4.78, 5) is 21.2. The minimum absolute atomic E-state index is 0.0897. The number of Topliss-reactive ketones (excluding diaryl/α,β-unsaturated/α-hetero) is 1. The van der Waals surface area contributed by atoms with Crippen molar-refractivity contribution in [2.75, 3.05) is 7.11 Å². The number of hydrogen-bond acceptors (Lipinski definition) is 4. The number of aldehydes is 1. The van der Waals surface area contributed by atoms with Crippen LogP contribution in [0.1, 0.15) is 41.5 Å². The Morgan fingerprint density at radius 1 is 1.25 bits per heavy atom. The number of ketones is 1. The smallest absolute Gasteiger partial charge is 0.163 e. The molecule has 16 heavy (non-hydrogen) atoms. The number of aliphatic hydroxyl groups excluding tert-OH is 1. The van der Waals surface area contributed by atoms with Crippen molar-refractivity contribution in [3.63, 3.8) is 0 Å². The van der Waals surface area contributed by atoms with Gasteiger partial charge in [-0.15, -0.1) is 0 Å². The van der Waals surface area contributed by atoms with E-state index in [0.29, 0.717) is 11.8 Å². The Labute approximate surface area is 95.5 Å². The van der Waals surface area contributed by atoms with Crippen molar-refractivity contribution in [3.05, 3.63) is 29.3 Å². The van der Waals surface area contributed by atoms with Gasteiger partial charge >= 0.3 is 0 Å². The molecule has 0 spiro atoms. The van der Waals surface area contributed by atoms with Crippen molar-refractivity contribution in [2.24, 2.45) is 0 Å².